The molecule has 6 rings (SSSR count). The summed E-state index contributed by atoms with van der Waals surface area (Å²) < 4.78 is 0.738. The van der Waals surface area contributed by atoms with E-state index in [-0.39, 0.29) is 0 Å². The molecule has 2 heterocycles. The van der Waals surface area contributed by atoms with Crippen molar-refractivity contribution in [2.24, 2.45) is 5.92 Å². The molecular weight excluding hydrogens is 527 g/mol. The molecule has 4 aromatic rings. The second kappa shape index (κ2) is 10.8. The average molecular weight is 555 g/mol. The molecule has 37 heavy (non-hydrogen) atoms. The zero-order chi connectivity index (χ0) is 25.2. The van der Waals surface area contributed by atoms with Gasteiger partial charge in [-0.1, -0.05) is 131 Å². The van der Waals surface area contributed by atoms with Gasteiger partial charge in [0.15, 0.2) is 47.8 Å². The molecule has 0 atom stereocenters. The fraction of sp³-hybridized carbons (Fsp3) is 0.125. The Balaban J connectivity index is 1.39. The van der Waals surface area contributed by atoms with Crippen LogP contribution in [-0.4, -0.2) is 2.10 Å². The first-order valence-corrected chi connectivity index (χ1v) is 15.6. The first-order chi connectivity index (χ1) is 18.1. The molecule has 0 bridgehead atoms. The average Bonchev–Trinajstić information content (AvgIpc) is 3.51. The molecule has 2 aliphatic heterocycles. The van der Waals surface area contributed by atoms with E-state index in [0.29, 0.717) is 5.92 Å². The normalized spacial score (nSPS) is 16.8. The smallest absolute Gasteiger partial charge is 0.0625 e. The highest BCUT2D eigenvalue weighted by molar-refractivity contribution is 8.40. The fourth-order valence-corrected chi connectivity index (χ4v) is 11.2. The van der Waals surface area contributed by atoms with Crippen LogP contribution in [0.25, 0.3) is 19.6 Å². The fourth-order valence-electron chi connectivity index (χ4n) is 4.49. The predicted molar refractivity (Wildman–Crippen MR) is 169 cm³/mol. The summed E-state index contributed by atoms with van der Waals surface area (Å²) in [5.74, 6) is 0.659. The molecule has 1 nitrogen and oxygen atoms in total. The number of nitrogens with zero attached hydrogens (tertiary/aromatic N) is 1. The van der Waals surface area contributed by atoms with Gasteiger partial charge in [-0.05, 0) is 40.2 Å². The van der Waals surface area contributed by atoms with Crippen molar-refractivity contribution >= 4 is 67.4 Å². The Morgan fingerprint density at radius 1 is 0.459 bits per heavy atom. The summed E-state index contributed by atoms with van der Waals surface area (Å²) in [5.41, 5.74) is 6.55. The molecule has 0 amide bonds. The molecule has 0 unspecified atom stereocenters. The lowest BCUT2D eigenvalue weighted by atomic mass is 10.0. The van der Waals surface area contributed by atoms with Crippen molar-refractivity contribution in [1.29, 1.82) is 0 Å². The van der Waals surface area contributed by atoms with E-state index in [0.717, 1.165) is 8.53 Å². The topological polar surface area (TPSA) is 0 Å². The lowest BCUT2D eigenvalue weighted by Crippen LogP contribution is -2.08. The lowest BCUT2D eigenvalue weighted by molar-refractivity contribution is -0.262. The predicted octanol–water partition coefficient (Wildman–Crippen LogP) is 10.7. The first kappa shape index (κ1) is 25.0. The van der Waals surface area contributed by atoms with Gasteiger partial charge in [0, 0.05) is 0 Å². The Hall–Kier alpha value is -2.28. The molecule has 0 radical (unpaired) electrons. The van der Waals surface area contributed by atoms with Crippen molar-refractivity contribution in [3.05, 3.63) is 143 Å². The molecule has 1 spiro atoms. The van der Waals surface area contributed by atoms with Gasteiger partial charge in [0.1, 0.15) is 0 Å². The van der Waals surface area contributed by atoms with E-state index in [1.54, 1.807) is 0 Å². The minimum Gasteiger partial charge on any atom is -0.0625 e. The molecule has 0 saturated heterocycles. The number of rotatable bonds is 6. The van der Waals surface area contributed by atoms with Crippen molar-refractivity contribution in [2.75, 3.05) is 0 Å². The number of hydrogen-bond donors (Lipinski definition) is 0. The van der Waals surface area contributed by atoms with Crippen LogP contribution in [0.1, 0.15) is 41.7 Å². The monoisotopic (exact) mass is 554 g/mol. The standard InChI is InChI=1S/C32H28NS4/c1-23(2)22-24-18-20-28(21-19-24)32-31(27-16-10-5-11-17-27)36-33(37-32)34-29(25-12-6-3-7-13-25)30(35-33)26-14-8-4-9-15-26/h3-21,23H,22H2,1-2H3/q+1. The van der Waals surface area contributed by atoms with E-state index >= 15 is 0 Å². The van der Waals surface area contributed by atoms with Crippen molar-refractivity contribution in [3.63, 3.8) is 0 Å². The molecular formula is C32H28NS4+. The maximum absolute atomic E-state index is 2.32. The van der Waals surface area contributed by atoms with E-state index in [2.05, 4.69) is 129 Å². The Labute approximate surface area is 237 Å². The Morgan fingerprint density at radius 3 is 1.11 bits per heavy atom. The van der Waals surface area contributed by atoms with Crippen LogP contribution in [-0.2, 0) is 6.42 Å². The van der Waals surface area contributed by atoms with Crippen LogP contribution in [0.5, 0.6) is 0 Å². The summed E-state index contributed by atoms with van der Waals surface area (Å²) in [6, 6.07) is 41.8. The van der Waals surface area contributed by atoms with Crippen molar-refractivity contribution in [3.8, 4) is 0 Å². The lowest BCUT2D eigenvalue weighted by Gasteiger charge is -2.18. The Morgan fingerprint density at radius 2 is 0.784 bits per heavy atom. The van der Waals surface area contributed by atoms with E-state index in [1.807, 2.05) is 47.8 Å². The van der Waals surface area contributed by atoms with Crippen molar-refractivity contribution in [2.45, 2.75) is 20.3 Å². The van der Waals surface area contributed by atoms with Crippen LogP contribution in [0.3, 0.4) is 0 Å². The third-order valence-corrected chi connectivity index (χ3v) is 12.5. The van der Waals surface area contributed by atoms with Crippen LogP contribution in [0.2, 0.25) is 0 Å². The van der Waals surface area contributed by atoms with Crippen LogP contribution in [0, 0.1) is 5.92 Å². The molecule has 0 aliphatic carbocycles. The zero-order valence-corrected chi connectivity index (χ0v) is 24.1. The van der Waals surface area contributed by atoms with E-state index < -0.39 is 0 Å². The van der Waals surface area contributed by atoms with Crippen molar-refractivity contribution in [1.82, 2.24) is 0 Å². The van der Waals surface area contributed by atoms with Gasteiger partial charge in [-0.25, -0.2) is 0 Å². The third-order valence-electron chi connectivity index (χ3n) is 6.19. The molecule has 5 heteroatoms. The molecule has 0 fully saturated rings. The third kappa shape index (κ3) is 5.34. The largest absolute Gasteiger partial charge is 0.154 e. The highest BCUT2D eigenvalue weighted by Crippen LogP contribution is 2.75. The highest BCUT2D eigenvalue weighted by Gasteiger charge is 2.54. The minimum atomic E-state index is 0.659. The van der Waals surface area contributed by atoms with Gasteiger partial charge >= 0.3 is 0 Å². The molecule has 0 aromatic heterocycles. The molecule has 184 valence electrons. The van der Waals surface area contributed by atoms with Crippen molar-refractivity contribution < 1.29 is 2.10 Å². The van der Waals surface area contributed by atoms with Gasteiger partial charge in [0.2, 0.25) is 0 Å². The summed E-state index contributed by atoms with van der Waals surface area (Å²) >= 11 is 7.81. The first-order valence-electron chi connectivity index (χ1n) is 12.5. The van der Waals surface area contributed by atoms with Gasteiger partial charge < -0.3 is 0 Å². The number of quaternary nitrogens is 1. The second-order valence-corrected chi connectivity index (χ2v) is 15.5. The van der Waals surface area contributed by atoms with Crippen LogP contribution < -0.4 is 0 Å². The van der Waals surface area contributed by atoms with Gasteiger partial charge in [-0.2, -0.15) is 0 Å². The SMILES string of the molecule is CC(C)Cc1ccc(C2=C(c3ccccc3)S[N+]3(SC(c4ccccc4)=C(c4ccccc4)S3)S2)cc1. The Kier molecular flexibility index (Phi) is 7.33. The highest BCUT2D eigenvalue weighted by atomic mass is 32.3. The van der Waals surface area contributed by atoms with E-state index in [9.17, 15) is 0 Å². The molecule has 0 N–H and O–H groups in total. The van der Waals surface area contributed by atoms with Crippen LogP contribution >= 0.6 is 47.8 Å². The molecule has 4 aromatic carbocycles. The Bertz CT molecular complexity index is 1390. The van der Waals surface area contributed by atoms with E-state index in [1.165, 1.54) is 47.4 Å². The van der Waals surface area contributed by atoms with E-state index in [4.69, 9.17) is 0 Å². The summed E-state index contributed by atoms with van der Waals surface area (Å²) in [6.45, 7) is 4.57. The van der Waals surface area contributed by atoms with Gasteiger partial charge in [0.25, 0.3) is 0 Å². The van der Waals surface area contributed by atoms with Crippen LogP contribution in [0.4, 0.5) is 0 Å². The maximum atomic E-state index is 2.32. The van der Waals surface area contributed by atoms with Gasteiger partial charge in [-0.15, -0.1) is 0 Å². The summed E-state index contributed by atoms with van der Waals surface area (Å²) in [6.07, 6.45) is 1.11. The minimum absolute atomic E-state index is 0.659. The molecule has 0 saturated carbocycles. The van der Waals surface area contributed by atoms with Gasteiger partial charge in [0.05, 0.1) is 19.6 Å². The van der Waals surface area contributed by atoms with Gasteiger partial charge in [-0.3, -0.25) is 0 Å². The quantitative estimate of drug-likeness (QED) is 0.172. The number of hydrogen-bond acceptors (Lipinski definition) is 4. The second-order valence-electron chi connectivity index (χ2n) is 9.52. The van der Waals surface area contributed by atoms with Crippen LogP contribution in [0.15, 0.2) is 115 Å². The summed E-state index contributed by atoms with van der Waals surface area (Å²) in [7, 11) is 0. The maximum Gasteiger partial charge on any atom is 0.154 e. The summed E-state index contributed by atoms with van der Waals surface area (Å²) in [5, 5.41) is 0. The molecule has 2 aliphatic rings. The summed E-state index contributed by atoms with van der Waals surface area (Å²) in [4.78, 5) is 5.40. The number of benzene rings is 4. The zero-order valence-electron chi connectivity index (χ0n) is 20.8.